The maximum Gasteiger partial charge on any atom is 0.397 e. The lowest BCUT2D eigenvalue weighted by atomic mass is 9.84. The maximum atomic E-state index is 13.2. The second kappa shape index (κ2) is 7.57. The van der Waals surface area contributed by atoms with Crippen LogP contribution in [0.3, 0.4) is 0 Å². The number of amides is 2. The second-order valence-corrected chi connectivity index (χ2v) is 8.71. The number of rotatable bonds is 3. The van der Waals surface area contributed by atoms with Gasteiger partial charge in [0.2, 0.25) is 5.91 Å². The molecule has 152 valence electrons. The Morgan fingerprint density at radius 2 is 1.50 bits per heavy atom. The van der Waals surface area contributed by atoms with E-state index in [-0.39, 0.29) is 17.9 Å². The largest absolute Gasteiger partial charge is 0.459 e. The van der Waals surface area contributed by atoms with E-state index >= 15 is 0 Å². The lowest BCUT2D eigenvalue weighted by molar-refractivity contribution is -0.161. The van der Waals surface area contributed by atoms with E-state index in [9.17, 15) is 14.4 Å². The van der Waals surface area contributed by atoms with Crippen LogP contribution < -0.4 is 0 Å². The molecule has 3 rings (SSSR count). The summed E-state index contributed by atoms with van der Waals surface area (Å²) in [6.07, 6.45) is 1.73. The number of hydrogen-bond donors (Lipinski definition) is 0. The molecule has 0 spiro atoms. The van der Waals surface area contributed by atoms with Crippen molar-refractivity contribution in [3.63, 3.8) is 0 Å². The fourth-order valence-electron chi connectivity index (χ4n) is 3.78. The Morgan fingerprint density at radius 1 is 0.964 bits per heavy atom. The summed E-state index contributed by atoms with van der Waals surface area (Å²) in [7, 11) is 0. The summed E-state index contributed by atoms with van der Waals surface area (Å²) in [5, 5.41) is 0. The molecule has 0 radical (unpaired) electrons. The van der Waals surface area contributed by atoms with Crippen molar-refractivity contribution in [3.05, 3.63) is 35.4 Å². The highest BCUT2D eigenvalue weighted by Gasteiger charge is 2.53. The zero-order valence-corrected chi connectivity index (χ0v) is 17.3. The van der Waals surface area contributed by atoms with E-state index in [0.717, 1.165) is 18.4 Å². The van der Waals surface area contributed by atoms with Gasteiger partial charge < -0.3 is 14.5 Å². The Bertz CT molecular complexity index is 752. The third-order valence-electron chi connectivity index (χ3n) is 5.77. The summed E-state index contributed by atoms with van der Waals surface area (Å²) in [4.78, 5) is 40.2. The fourth-order valence-corrected chi connectivity index (χ4v) is 3.78. The summed E-state index contributed by atoms with van der Waals surface area (Å²) < 4.78 is 4.78. The molecule has 2 amide bonds. The third kappa shape index (κ3) is 3.91. The van der Waals surface area contributed by atoms with Crippen molar-refractivity contribution in [1.29, 1.82) is 0 Å². The third-order valence-corrected chi connectivity index (χ3v) is 5.77. The van der Waals surface area contributed by atoms with Gasteiger partial charge >= 0.3 is 11.9 Å². The topological polar surface area (TPSA) is 66.9 Å². The summed E-state index contributed by atoms with van der Waals surface area (Å²) in [5.74, 6) is -1.30. The van der Waals surface area contributed by atoms with Gasteiger partial charge in [0.25, 0.3) is 0 Å². The van der Waals surface area contributed by atoms with E-state index in [2.05, 4.69) is 45.0 Å². The number of nitrogens with zero attached hydrogens (tertiary/aromatic N) is 2. The molecule has 2 fully saturated rings. The van der Waals surface area contributed by atoms with E-state index in [1.54, 1.807) is 6.92 Å². The summed E-state index contributed by atoms with van der Waals surface area (Å²) in [5.41, 5.74) is 2.01. The van der Waals surface area contributed by atoms with Crippen molar-refractivity contribution >= 4 is 17.8 Å². The Balaban J connectivity index is 1.63. The van der Waals surface area contributed by atoms with E-state index < -0.39 is 17.3 Å². The molecular formula is C22H30N2O4. The van der Waals surface area contributed by atoms with Crippen LogP contribution in [0, 0.1) is 0 Å². The lowest BCUT2D eigenvalue weighted by Crippen LogP contribution is -2.54. The number of benzene rings is 1. The summed E-state index contributed by atoms with van der Waals surface area (Å²) >= 11 is 0. The molecule has 0 N–H and O–H groups in total. The van der Waals surface area contributed by atoms with Crippen molar-refractivity contribution in [2.24, 2.45) is 0 Å². The quantitative estimate of drug-likeness (QED) is 0.590. The summed E-state index contributed by atoms with van der Waals surface area (Å²) in [6, 6.07) is 8.43. The van der Waals surface area contributed by atoms with Crippen LogP contribution in [0.25, 0.3) is 0 Å². The van der Waals surface area contributed by atoms with Gasteiger partial charge in [0, 0.05) is 26.2 Å². The molecule has 1 saturated heterocycles. The monoisotopic (exact) mass is 386 g/mol. The highest BCUT2D eigenvalue weighted by molar-refractivity contribution is 6.32. The molecule has 0 aromatic heterocycles. The van der Waals surface area contributed by atoms with E-state index in [1.807, 2.05) is 4.90 Å². The van der Waals surface area contributed by atoms with E-state index in [0.29, 0.717) is 26.2 Å². The molecule has 1 saturated carbocycles. The van der Waals surface area contributed by atoms with Crippen LogP contribution in [0.2, 0.25) is 0 Å². The molecule has 1 aliphatic carbocycles. The fraction of sp³-hybridized carbons (Fsp3) is 0.591. The zero-order chi connectivity index (χ0) is 20.5. The molecule has 28 heavy (non-hydrogen) atoms. The van der Waals surface area contributed by atoms with Crippen LogP contribution in [-0.2, 0) is 30.0 Å². The van der Waals surface area contributed by atoms with Crippen LogP contribution >= 0.6 is 0 Å². The Kier molecular flexibility index (Phi) is 5.50. The van der Waals surface area contributed by atoms with Gasteiger partial charge in [0.05, 0.1) is 12.0 Å². The highest BCUT2D eigenvalue weighted by Crippen LogP contribution is 2.50. The first-order valence-electron chi connectivity index (χ1n) is 10.1. The first-order valence-corrected chi connectivity index (χ1v) is 10.1. The zero-order valence-electron chi connectivity index (χ0n) is 17.3. The average Bonchev–Trinajstić information content (AvgIpc) is 3.48. The first kappa shape index (κ1) is 20.4. The average molecular weight is 386 g/mol. The van der Waals surface area contributed by atoms with Crippen LogP contribution in [0.1, 0.15) is 51.7 Å². The molecule has 6 heteroatoms. The van der Waals surface area contributed by atoms with Gasteiger partial charge in [-0.3, -0.25) is 9.59 Å². The minimum absolute atomic E-state index is 0.0844. The minimum atomic E-state index is -0.820. The molecule has 1 heterocycles. The van der Waals surface area contributed by atoms with Gasteiger partial charge in [-0.15, -0.1) is 0 Å². The van der Waals surface area contributed by atoms with Gasteiger partial charge in [-0.1, -0.05) is 45.0 Å². The van der Waals surface area contributed by atoms with Gasteiger partial charge in [-0.05, 0) is 36.3 Å². The molecule has 2 aliphatic rings. The van der Waals surface area contributed by atoms with Crippen molar-refractivity contribution < 1.29 is 19.1 Å². The molecule has 6 nitrogen and oxygen atoms in total. The number of hydrogen-bond acceptors (Lipinski definition) is 4. The molecule has 0 atom stereocenters. The SMILES string of the molecule is CCOC(=O)C(=O)N1CCN(C(=O)C2(c3ccc(C(C)(C)C)cc3)CC2)CC1. The predicted molar refractivity (Wildman–Crippen MR) is 106 cm³/mol. The molecule has 1 aromatic rings. The smallest absolute Gasteiger partial charge is 0.397 e. The maximum absolute atomic E-state index is 13.2. The van der Waals surface area contributed by atoms with Crippen LogP contribution in [-0.4, -0.2) is 60.4 Å². The molecule has 1 aliphatic heterocycles. The molecule has 0 unspecified atom stereocenters. The highest BCUT2D eigenvalue weighted by atomic mass is 16.5. The van der Waals surface area contributed by atoms with E-state index in [1.165, 1.54) is 10.5 Å². The number of ether oxygens (including phenoxy) is 1. The van der Waals surface area contributed by atoms with Crippen molar-refractivity contribution in [3.8, 4) is 0 Å². The minimum Gasteiger partial charge on any atom is -0.459 e. The Morgan fingerprint density at radius 3 is 1.96 bits per heavy atom. The van der Waals surface area contributed by atoms with Crippen molar-refractivity contribution in [2.45, 2.75) is 51.4 Å². The number of esters is 1. The predicted octanol–water partition coefficient (Wildman–Crippen LogP) is 2.25. The van der Waals surface area contributed by atoms with Gasteiger partial charge in [-0.25, -0.2) is 4.79 Å². The van der Waals surface area contributed by atoms with Crippen LogP contribution in [0.5, 0.6) is 0 Å². The molecule has 0 bridgehead atoms. The van der Waals surface area contributed by atoms with Gasteiger partial charge in [0.1, 0.15) is 0 Å². The van der Waals surface area contributed by atoms with Crippen molar-refractivity contribution in [1.82, 2.24) is 9.80 Å². The number of carbonyl (C=O) groups is 3. The van der Waals surface area contributed by atoms with Gasteiger partial charge in [0.15, 0.2) is 0 Å². The number of piperazine rings is 1. The Labute approximate surface area is 166 Å². The second-order valence-electron chi connectivity index (χ2n) is 8.71. The van der Waals surface area contributed by atoms with Crippen LogP contribution in [0.15, 0.2) is 24.3 Å². The van der Waals surface area contributed by atoms with Crippen LogP contribution in [0.4, 0.5) is 0 Å². The first-order chi connectivity index (χ1) is 13.2. The lowest BCUT2D eigenvalue weighted by Gasteiger charge is -2.36. The number of carbonyl (C=O) groups excluding carboxylic acids is 3. The van der Waals surface area contributed by atoms with Gasteiger partial charge in [-0.2, -0.15) is 0 Å². The molecule has 1 aromatic carbocycles. The standard InChI is InChI=1S/C22H30N2O4/c1-5-28-19(26)18(25)23-12-14-24(15-13-23)20(27)22(10-11-22)17-8-6-16(7-9-17)21(2,3)4/h6-9H,5,10-15H2,1-4H3. The van der Waals surface area contributed by atoms with E-state index in [4.69, 9.17) is 4.74 Å². The normalized spacial score (nSPS) is 18.6. The van der Waals surface area contributed by atoms with Crippen molar-refractivity contribution in [2.75, 3.05) is 32.8 Å². The molecular weight excluding hydrogens is 356 g/mol. The summed E-state index contributed by atoms with van der Waals surface area (Å²) in [6.45, 7) is 10.0. The Hall–Kier alpha value is -2.37.